The predicted octanol–water partition coefficient (Wildman–Crippen LogP) is 3.96. The fourth-order valence-corrected chi connectivity index (χ4v) is 3.26. The van der Waals surface area contributed by atoms with Crippen LogP contribution < -0.4 is 4.74 Å². The summed E-state index contributed by atoms with van der Waals surface area (Å²) in [5, 5.41) is 9.04. The van der Waals surface area contributed by atoms with Crippen LogP contribution in [0.2, 0.25) is 0 Å². The van der Waals surface area contributed by atoms with Crippen molar-refractivity contribution in [3.05, 3.63) is 83.2 Å². The summed E-state index contributed by atoms with van der Waals surface area (Å²) < 4.78 is 5.81. The summed E-state index contributed by atoms with van der Waals surface area (Å²) in [4.78, 5) is 19.2. The summed E-state index contributed by atoms with van der Waals surface area (Å²) >= 11 is 0. The summed E-state index contributed by atoms with van der Waals surface area (Å²) in [7, 11) is 0. The third kappa shape index (κ3) is 3.58. The van der Waals surface area contributed by atoms with Crippen LogP contribution in [-0.4, -0.2) is 28.9 Å². The maximum Gasteiger partial charge on any atom is 0.258 e. The molecule has 0 aliphatic carbocycles. The summed E-state index contributed by atoms with van der Waals surface area (Å²) in [5.41, 5.74) is 4.80. The van der Waals surface area contributed by atoms with Gasteiger partial charge in [-0.1, -0.05) is 42.0 Å². The lowest BCUT2D eigenvalue weighted by molar-refractivity contribution is 0.0741. The van der Waals surface area contributed by atoms with Gasteiger partial charge in [0.15, 0.2) is 0 Å². The Morgan fingerprint density at radius 3 is 2.68 bits per heavy atom. The molecule has 1 aliphatic heterocycles. The molecule has 1 aliphatic rings. The fourth-order valence-electron chi connectivity index (χ4n) is 3.26. The molecule has 2 heterocycles. The van der Waals surface area contributed by atoms with Crippen LogP contribution in [0.3, 0.4) is 0 Å². The standard InChI is InChI=1S/C23H19N3O2/c1-16-5-7-17(8-6-16)18-9-10-22-21(13-18)23(27)26(11-12-28-22)15-20-4-2-3-19(14-24)25-20/h2-10,13H,11-12,15H2,1H3. The van der Waals surface area contributed by atoms with E-state index in [4.69, 9.17) is 10.00 Å². The molecule has 0 unspecified atom stereocenters. The summed E-state index contributed by atoms with van der Waals surface area (Å²) in [6.07, 6.45) is 0. The minimum absolute atomic E-state index is 0.0920. The van der Waals surface area contributed by atoms with Crippen molar-refractivity contribution in [3.63, 3.8) is 0 Å². The highest BCUT2D eigenvalue weighted by Crippen LogP contribution is 2.30. The van der Waals surface area contributed by atoms with Crippen LogP contribution >= 0.6 is 0 Å². The van der Waals surface area contributed by atoms with Gasteiger partial charge in [0.1, 0.15) is 24.1 Å². The van der Waals surface area contributed by atoms with E-state index in [1.165, 1.54) is 5.56 Å². The minimum atomic E-state index is -0.0920. The lowest BCUT2D eigenvalue weighted by Gasteiger charge is -2.19. The molecule has 0 saturated carbocycles. The number of ether oxygens (including phenoxy) is 1. The average molecular weight is 369 g/mol. The van der Waals surface area contributed by atoms with Crippen molar-refractivity contribution in [2.24, 2.45) is 0 Å². The van der Waals surface area contributed by atoms with Crippen LogP contribution in [0, 0.1) is 18.3 Å². The van der Waals surface area contributed by atoms with Crippen molar-refractivity contribution >= 4 is 5.91 Å². The van der Waals surface area contributed by atoms with Gasteiger partial charge < -0.3 is 9.64 Å². The van der Waals surface area contributed by atoms with Crippen LogP contribution in [0.25, 0.3) is 11.1 Å². The number of hydrogen-bond acceptors (Lipinski definition) is 4. The van der Waals surface area contributed by atoms with Crippen molar-refractivity contribution in [1.29, 1.82) is 5.26 Å². The van der Waals surface area contributed by atoms with E-state index < -0.39 is 0 Å². The van der Waals surface area contributed by atoms with Gasteiger partial charge in [-0.15, -0.1) is 0 Å². The van der Waals surface area contributed by atoms with Gasteiger partial charge >= 0.3 is 0 Å². The number of pyridine rings is 1. The quantitative estimate of drug-likeness (QED) is 0.701. The maximum absolute atomic E-state index is 13.2. The van der Waals surface area contributed by atoms with Gasteiger partial charge in [0, 0.05) is 0 Å². The molecule has 0 saturated heterocycles. The van der Waals surface area contributed by atoms with Gasteiger partial charge in [0.05, 0.1) is 24.3 Å². The first kappa shape index (κ1) is 17.7. The number of aryl methyl sites for hydroxylation is 1. The van der Waals surface area contributed by atoms with Crippen molar-refractivity contribution < 1.29 is 9.53 Å². The second-order valence-electron chi connectivity index (χ2n) is 6.78. The Morgan fingerprint density at radius 1 is 1.11 bits per heavy atom. The van der Waals surface area contributed by atoms with Crippen LogP contribution in [0.4, 0.5) is 0 Å². The SMILES string of the molecule is Cc1ccc(-c2ccc3c(c2)C(=O)N(Cc2cccc(C#N)n2)CCO3)cc1. The zero-order valence-corrected chi connectivity index (χ0v) is 15.6. The molecule has 0 N–H and O–H groups in total. The number of rotatable bonds is 3. The predicted molar refractivity (Wildman–Crippen MR) is 106 cm³/mol. The molecule has 2 aromatic carbocycles. The largest absolute Gasteiger partial charge is 0.491 e. The number of nitriles is 1. The molecule has 138 valence electrons. The van der Waals surface area contributed by atoms with Gasteiger partial charge in [-0.05, 0) is 42.3 Å². The van der Waals surface area contributed by atoms with Crippen molar-refractivity contribution in [3.8, 4) is 22.9 Å². The number of carbonyl (C=O) groups excluding carboxylic acids is 1. The molecule has 3 aromatic rings. The molecule has 5 heteroatoms. The highest BCUT2D eigenvalue weighted by atomic mass is 16.5. The van der Waals surface area contributed by atoms with Crippen LogP contribution in [-0.2, 0) is 6.54 Å². The normalized spacial score (nSPS) is 13.3. The summed E-state index contributed by atoms with van der Waals surface area (Å²) in [6.45, 7) is 3.27. The van der Waals surface area contributed by atoms with Crippen molar-refractivity contribution in [2.75, 3.05) is 13.2 Å². The second kappa shape index (κ2) is 7.53. The first-order valence-electron chi connectivity index (χ1n) is 9.13. The lowest BCUT2D eigenvalue weighted by atomic mass is 10.0. The molecular formula is C23H19N3O2. The van der Waals surface area contributed by atoms with E-state index >= 15 is 0 Å². The van der Waals surface area contributed by atoms with E-state index in [0.717, 1.165) is 11.1 Å². The Balaban J connectivity index is 1.65. The first-order chi connectivity index (χ1) is 13.6. The number of benzene rings is 2. The lowest BCUT2D eigenvalue weighted by Crippen LogP contribution is -2.32. The number of carbonyl (C=O) groups is 1. The molecule has 0 radical (unpaired) electrons. The van der Waals surface area contributed by atoms with Gasteiger partial charge in [0.25, 0.3) is 5.91 Å². The molecule has 1 amide bonds. The summed E-state index contributed by atoms with van der Waals surface area (Å²) in [6, 6.07) is 21.2. The molecule has 0 atom stereocenters. The van der Waals surface area contributed by atoms with E-state index in [1.807, 2.05) is 49.4 Å². The van der Waals surface area contributed by atoms with Crippen molar-refractivity contribution in [1.82, 2.24) is 9.88 Å². The zero-order valence-electron chi connectivity index (χ0n) is 15.6. The third-order valence-electron chi connectivity index (χ3n) is 4.78. The van der Waals surface area contributed by atoms with Crippen LogP contribution in [0.5, 0.6) is 5.75 Å². The number of amides is 1. The third-order valence-corrected chi connectivity index (χ3v) is 4.78. The van der Waals surface area contributed by atoms with Gasteiger partial charge in [-0.3, -0.25) is 4.79 Å². The van der Waals surface area contributed by atoms with E-state index in [-0.39, 0.29) is 5.91 Å². The highest BCUT2D eigenvalue weighted by Gasteiger charge is 2.24. The first-order valence-corrected chi connectivity index (χ1v) is 9.13. The minimum Gasteiger partial charge on any atom is -0.491 e. The van der Waals surface area contributed by atoms with Gasteiger partial charge in [-0.25, -0.2) is 4.98 Å². The molecule has 0 spiro atoms. The Morgan fingerprint density at radius 2 is 1.89 bits per heavy atom. The second-order valence-corrected chi connectivity index (χ2v) is 6.78. The topological polar surface area (TPSA) is 66.2 Å². The maximum atomic E-state index is 13.2. The van der Waals surface area contributed by atoms with E-state index in [1.54, 1.807) is 17.0 Å². The molecule has 5 nitrogen and oxygen atoms in total. The molecule has 0 bridgehead atoms. The Labute approximate surface area is 163 Å². The Hall–Kier alpha value is -3.65. The fraction of sp³-hybridized carbons (Fsp3) is 0.174. The number of nitrogens with zero attached hydrogens (tertiary/aromatic N) is 3. The number of fused-ring (bicyclic) bond motifs is 1. The van der Waals surface area contributed by atoms with Crippen LogP contribution in [0.1, 0.15) is 27.3 Å². The molecule has 0 fully saturated rings. The smallest absolute Gasteiger partial charge is 0.258 e. The summed E-state index contributed by atoms with van der Waals surface area (Å²) in [5.74, 6) is 0.507. The van der Waals surface area contributed by atoms with Crippen molar-refractivity contribution in [2.45, 2.75) is 13.5 Å². The zero-order chi connectivity index (χ0) is 19.5. The Kier molecular flexibility index (Phi) is 4.77. The van der Waals surface area contributed by atoms with Gasteiger partial charge in [0.2, 0.25) is 0 Å². The van der Waals surface area contributed by atoms with E-state index in [9.17, 15) is 4.79 Å². The average Bonchev–Trinajstić information content (AvgIpc) is 2.87. The van der Waals surface area contributed by atoms with Crippen LogP contribution in [0.15, 0.2) is 60.7 Å². The molecular weight excluding hydrogens is 350 g/mol. The van der Waals surface area contributed by atoms with E-state index in [2.05, 4.69) is 17.1 Å². The number of hydrogen-bond donors (Lipinski definition) is 0. The number of aromatic nitrogens is 1. The van der Waals surface area contributed by atoms with E-state index in [0.29, 0.717) is 42.4 Å². The highest BCUT2D eigenvalue weighted by molar-refractivity contribution is 5.98. The molecule has 4 rings (SSSR count). The molecule has 28 heavy (non-hydrogen) atoms. The monoisotopic (exact) mass is 369 g/mol. The Bertz CT molecular complexity index is 1070. The van der Waals surface area contributed by atoms with Gasteiger partial charge in [-0.2, -0.15) is 5.26 Å². The molecule has 1 aromatic heterocycles.